The Balaban J connectivity index is 1.52. The summed E-state index contributed by atoms with van der Waals surface area (Å²) < 4.78 is 11.4. The Bertz CT molecular complexity index is 873. The smallest absolute Gasteiger partial charge is 0.286 e. The zero-order valence-electron chi connectivity index (χ0n) is 13.6. The van der Waals surface area contributed by atoms with Crippen molar-refractivity contribution in [1.29, 1.82) is 0 Å². The summed E-state index contributed by atoms with van der Waals surface area (Å²) in [4.78, 5) is 28.0. The molecule has 0 atom stereocenters. The number of anilines is 1. The lowest BCUT2D eigenvalue weighted by Crippen LogP contribution is -2.27. The molecule has 3 aromatic rings. The van der Waals surface area contributed by atoms with Crippen molar-refractivity contribution in [2.24, 2.45) is 0 Å². The van der Waals surface area contributed by atoms with Crippen LogP contribution >= 0.6 is 11.3 Å². The summed E-state index contributed by atoms with van der Waals surface area (Å²) in [5.41, 5.74) is 0.801. The number of hydrogen-bond donors (Lipinski definition) is 2. The van der Waals surface area contributed by atoms with Crippen molar-refractivity contribution in [2.45, 2.75) is 13.3 Å². The number of carbonyl (C=O) groups excluding carboxylic acids is 2. The molecule has 25 heavy (non-hydrogen) atoms. The minimum atomic E-state index is -0.346. The molecule has 2 aromatic heterocycles. The van der Waals surface area contributed by atoms with Gasteiger partial charge in [0, 0.05) is 13.0 Å². The van der Waals surface area contributed by atoms with Crippen LogP contribution < -0.4 is 15.4 Å². The zero-order chi connectivity index (χ0) is 17.6. The van der Waals surface area contributed by atoms with Gasteiger partial charge in [0.05, 0.1) is 23.1 Å². The molecule has 0 aliphatic carbocycles. The normalized spacial score (nSPS) is 10.6. The summed E-state index contributed by atoms with van der Waals surface area (Å²) in [6.45, 7) is 2.73. The molecular weight excluding hydrogens is 342 g/mol. The van der Waals surface area contributed by atoms with Crippen LogP contribution in [0.25, 0.3) is 10.2 Å². The van der Waals surface area contributed by atoms with Gasteiger partial charge in [0.2, 0.25) is 5.91 Å². The molecule has 2 N–H and O–H groups in total. The van der Waals surface area contributed by atoms with Gasteiger partial charge in [0.25, 0.3) is 5.91 Å². The van der Waals surface area contributed by atoms with Crippen LogP contribution in [0.3, 0.4) is 0 Å². The zero-order valence-corrected chi connectivity index (χ0v) is 14.4. The number of thiazole rings is 1. The molecule has 0 radical (unpaired) electrons. The largest absolute Gasteiger partial charge is 0.494 e. The molecule has 0 bridgehead atoms. The van der Waals surface area contributed by atoms with Crippen molar-refractivity contribution in [3.63, 3.8) is 0 Å². The van der Waals surface area contributed by atoms with Gasteiger partial charge in [-0.15, -0.1) is 0 Å². The molecular formula is C17H17N3O4S. The third kappa shape index (κ3) is 4.36. The molecule has 2 heterocycles. The van der Waals surface area contributed by atoms with Crippen LogP contribution in [0.2, 0.25) is 0 Å². The van der Waals surface area contributed by atoms with Gasteiger partial charge >= 0.3 is 0 Å². The fraction of sp³-hybridized carbons (Fsp3) is 0.235. The van der Waals surface area contributed by atoms with Crippen molar-refractivity contribution in [3.8, 4) is 5.75 Å². The van der Waals surface area contributed by atoms with Crippen LogP contribution in [0, 0.1) is 0 Å². The van der Waals surface area contributed by atoms with E-state index in [2.05, 4.69) is 15.6 Å². The Morgan fingerprint density at radius 3 is 2.96 bits per heavy atom. The Hall–Kier alpha value is -2.87. The quantitative estimate of drug-likeness (QED) is 0.676. The predicted octanol–water partition coefficient (Wildman–Crippen LogP) is 3.05. The van der Waals surface area contributed by atoms with Gasteiger partial charge in [0.1, 0.15) is 5.75 Å². The number of carbonyl (C=O) groups is 2. The summed E-state index contributed by atoms with van der Waals surface area (Å²) in [6.07, 6.45) is 1.57. The van der Waals surface area contributed by atoms with Gasteiger partial charge in [-0.05, 0) is 37.3 Å². The van der Waals surface area contributed by atoms with Crippen LogP contribution in [0.4, 0.5) is 5.13 Å². The minimum absolute atomic E-state index is 0.145. The van der Waals surface area contributed by atoms with E-state index < -0.39 is 0 Å². The van der Waals surface area contributed by atoms with Gasteiger partial charge in [-0.1, -0.05) is 11.3 Å². The van der Waals surface area contributed by atoms with Crippen molar-refractivity contribution < 1.29 is 18.7 Å². The Morgan fingerprint density at radius 1 is 1.32 bits per heavy atom. The van der Waals surface area contributed by atoms with Gasteiger partial charge in [-0.3, -0.25) is 9.59 Å². The summed E-state index contributed by atoms with van der Waals surface area (Å²) in [5, 5.41) is 5.89. The van der Waals surface area contributed by atoms with Crippen LogP contribution in [0.15, 0.2) is 41.0 Å². The van der Waals surface area contributed by atoms with E-state index in [9.17, 15) is 9.59 Å². The number of aromatic nitrogens is 1. The molecule has 3 rings (SSSR count). The van der Waals surface area contributed by atoms with E-state index in [4.69, 9.17) is 9.15 Å². The fourth-order valence-electron chi connectivity index (χ4n) is 2.18. The molecule has 0 saturated carbocycles. The molecule has 1 aromatic carbocycles. The molecule has 0 fully saturated rings. The first-order chi connectivity index (χ1) is 12.2. The first kappa shape index (κ1) is 17.0. The summed E-state index contributed by atoms with van der Waals surface area (Å²) in [6, 6.07) is 8.80. The van der Waals surface area contributed by atoms with Crippen LogP contribution in [-0.4, -0.2) is 29.9 Å². The van der Waals surface area contributed by atoms with E-state index in [1.54, 1.807) is 12.1 Å². The lowest BCUT2D eigenvalue weighted by atomic mass is 10.3. The monoisotopic (exact) mass is 359 g/mol. The maximum Gasteiger partial charge on any atom is 0.286 e. The molecule has 0 aliphatic heterocycles. The topological polar surface area (TPSA) is 93.5 Å². The van der Waals surface area contributed by atoms with Gasteiger partial charge < -0.3 is 19.8 Å². The number of furan rings is 1. The second-order valence-electron chi connectivity index (χ2n) is 5.11. The maximum absolute atomic E-state index is 12.0. The third-order valence-electron chi connectivity index (χ3n) is 3.30. The van der Waals surface area contributed by atoms with Gasteiger partial charge in [-0.25, -0.2) is 4.98 Å². The average molecular weight is 359 g/mol. The number of hydrogen-bond acceptors (Lipinski definition) is 6. The highest BCUT2D eigenvalue weighted by Gasteiger charge is 2.11. The van der Waals surface area contributed by atoms with Gasteiger partial charge in [-0.2, -0.15) is 0 Å². The van der Waals surface area contributed by atoms with Crippen molar-refractivity contribution in [3.05, 3.63) is 42.4 Å². The van der Waals surface area contributed by atoms with Crippen LogP contribution in [-0.2, 0) is 4.79 Å². The Labute approximate surface area is 148 Å². The van der Waals surface area contributed by atoms with Crippen LogP contribution in [0.1, 0.15) is 23.9 Å². The number of nitrogens with zero attached hydrogens (tertiary/aromatic N) is 1. The molecule has 0 spiro atoms. The molecule has 130 valence electrons. The standard InChI is InChI=1S/C17H17N3O4S/c1-2-23-11-5-6-12-14(10-11)25-17(19-12)20-15(21)7-8-18-16(22)13-4-3-9-24-13/h3-6,9-10H,2,7-8H2,1H3,(H,18,22)(H,19,20,21). The van der Waals surface area contributed by atoms with Crippen LogP contribution in [0.5, 0.6) is 5.75 Å². The summed E-state index contributed by atoms with van der Waals surface area (Å²) in [7, 11) is 0. The molecule has 8 heteroatoms. The van der Waals surface area contributed by atoms with Gasteiger partial charge in [0.15, 0.2) is 10.9 Å². The van der Waals surface area contributed by atoms with E-state index in [-0.39, 0.29) is 30.5 Å². The first-order valence-electron chi connectivity index (χ1n) is 7.80. The fourth-order valence-corrected chi connectivity index (χ4v) is 3.09. The highest BCUT2D eigenvalue weighted by Crippen LogP contribution is 2.29. The molecule has 7 nitrogen and oxygen atoms in total. The number of fused-ring (bicyclic) bond motifs is 1. The number of benzene rings is 1. The number of amides is 2. The minimum Gasteiger partial charge on any atom is -0.494 e. The summed E-state index contributed by atoms with van der Waals surface area (Å²) in [5.74, 6) is 0.430. The molecule has 0 saturated heterocycles. The lowest BCUT2D eigenvalue weighted by Gasteiger charge is -2.03. The van der Waals surface area contributed by atoms with Crippen molar-refractivity contribution in [2.75, 3.05) is 18.5 Å². The molecule has 0 unspecified atom stereocenters. The molecule has 0 aliphatic rings. The lowest BCUT2D eigenvalue weighted by molar-refractivity contribution is -0.116. The summed E-state index contributed by atoms with van der Waals surface area (Å²) >= 11 is 1.38. The molecule has 2 amide bonds. The maximum atomic E-state index is 12.0. The second-order valence-corrected chi connectivity index (χ2v) is 6.14. The number of rotatable bonds is 7. The highest BCUT2D eigenvalue weighted by atomic mass is 32.1. The SMILES string of the molecule is CCOc1ccc2nc(NC(=O)CCNC(=O)c3ccco3)sc2c1. The van der Waals surface area contributed by atoms with E-state index in [1.807, 2.05) is 25.1 Å². The van der Waals surface area contributed by atoms with Crippen molar-refractivity contribution >= 4 is 38.5 Å². The second kappa shape index (κ2) is 7.80. The Morgan fingerprint density at radius 2 is 2.20 bits per heavy atom. The van der Waals surface area contributed by atoms with Crippen molar-refractivity contribution in [1.82, 2.24) is 10.3 Å². The average Bonchev–Trinajstić information content (AvgIpc) is 3.23. The number of ether oxygens (including phenoxy) is 1. The first-order valence-corrected chi connectivity index (χ1v) is 8.62. The van der Waals surface area contributed by atoms with E-state index in [0.29, 0.717) is 11.7 Å². The van der Waals surface area contributed by atoms with E-state index in [0.717, 1.165) is 16.0 Å². The highest BCUT2D eigenvalue weighted by molar-refractivity contribution is 7.22. The number of nitrogens with one attached hydrogen (secondary N) is 2. The Kier molecular flexibility index (Phi) is 5.30. The van der Waals surface area contributed by atoms with E-state index >= 15 is 0 Å². The predicted molar refractivity (Wildman–Crippen MR) is 95.1 cm³/mol. The van der Waals surface area contributed by atoms with E-state index in [1.165, 1.54) is 17.6 Å². The third-order valence-corrected chi connectivity index (χ3v) is 4.23.